The molecule has 0 unspecified atom stereocenters. The fraction of sp³-hybridized carbons (Fsp3) is 0.100. The molecule has 9 heteroatoms. The van der Waals surface area contributed by atoms with Gasteiger partial charge in [-0.25, -0.2) is 9.98 Å². The number of rotatable bonds is 7. The molecule has 4 rings (SSSR count). The Hall–Kier alpha value is -4.14. The number of carbonyl (C=O) groups is 1. The van der Waals surface area contributed by atoms with Gasteiger partial charge in [0, 0.05) is 31.7 Å². The molecule has 0 aliphatic carbocycles. The number of furan rings is 1. The van der Waals surface area contributed by atoms with Gasteiger partial charge < -0.3 is 25.0 Å². The minimum atomic E-state index is -0.277. The molecule has 4 aromatic rings. The van der Waals surface area contributed by atoms with Crippen LogP contribution in [0.15, 0.2) is 76.8 Å². The number of pyridine rings is 1. The van der Waals surface area contributed by atoms with E-state index in [2.05, 4.69) is 25.3 Å². The number of hydrogen-bond acceptors (Lipinski definition) is 5. The average molecular weight is 389 g/mol. The SMILES string of the molecule is N/C(=N\c1ccc(-c2ccc(C(=O)NCCn3ccnc3)o2)[nH]1)c1ccccn1. The van der Waals surface area contributed by atoms with Crippen LogP contribution in [0.5, 0.6) is 0 Å². The van der Waals surface area contributed by atoms with Crippen LogP contribution in [-0.2, 0) is 6.54 Å². The van der Waals surface area contributed by atoms with Crippen molar-refractivity contribution in [1.82, 2.24) is 24.8 Å². The number of nitrogens with zero attached hydrogens (tertiary/aromatic N) is 4. The lowest BCUT2D eigenvalue weighted by Gasteiger charge is -2.03. The highest BCUT2D eigenvalue weighted by molar-refractivity contribution is 5.97. The maximum absolute atomic E-state index is 12.2. The van der Waals surface area contributed by atoms with E-state index in [1.54, 1.807) is 43.0 Å². The normalized spacial score (nSPS) is 11.5. The summed E-state index contributed by atoms with van der Waals surface area (Å²) in [7, 11) is 0. The molecule has 0 aromatic carbocycles. The maximum atomic E-state index is 12.2. The van der Waals surface area contributed by atoms with Crippen molar-refractivity contribution in [3.05, 3.63) is 78.8 Å². The third-order valence-electron chi connectivity index (χ3n) is 4.15. The summed E-state index contributed by atoms with van der Waals surface area (Å²) in [6, 6.07) is 12.4. The molecule has 0 aliphatic rings. The Labute approximate surface area is 166 Å². The largest absolute Gasteiger partial charge is 0.449 e. The van der Waals surface area contributed by atoms with Gasteiger partial charge in [-0.1, -0.05) is 6.07 Å². The monoisotopic (exact) mass is 389 g/mol. The number of amides is 1. The van der Waals surface area contributed by atoms with Crippen molar-refractivity contribution < 1.29 is 9.21 Å². The average Bonchev–Trinajstić information content (AvgIpc) is 3.50. The first-order chi connectivity index (χ1) is 14.2. The number of imidazole rings is 1. The molecular formula is C20H19N7O2. The molecule has 0 radical (unpaired) electrons. The smallest absolute Gasteiger partial charge is 0.287 e. The Bertz CT molecular complexity index is 1110. The zero-order chi connectivity index (χ0) is 20.1. The van der Waals surface area contributed by atoms with Gasteiger partial charge in [0.15, 0.2) is 17.4 Å². The predicted molar refractivity (Wildman–Crippen MR) is 108 cm³/mol. The molecule has 4 aromatic heterocycles. The molecule has 1 amide bonds. The summed E-state index contributed by atoms with van der Waals surface area (Å²) in [6.45, 7) is 1.11. The Kier molecular flexibility index (Phi) is 5.19. The quantitative estimate of drug-likeness (QED) is 0.330. The number of carbonyl (C=O) groups excluding carboxylic acids is 1. The van der Waals surface area contributed by atoms with Gasteiger partial charge >= 0.3 is 0 Å². The molecule has 29 heavy (non-hydrogen) atoms. The van der Waals surface area contributed by atoms with E-state index in [0.29, 0.717) is 41.9 Å². The van der Waals surface area contributed by atoms with E-state index in [4.69, 9.17) is 10.2 Å². The van der Waals surface area contributed by atoms with Crippen LogP contribution < -0.4 is 11.1 Å². The summed E-state index contributed by atoms with van der Waals surface area (Å²) in [5.74, 6) is 1.35. The zero-order valence-electron chi connectivity index (χ0n) is 15.4. The van der Waals surface area contributed by atoms with Crippen LogP contribution in [0.25, 0.3) is 11.5 Å². The molecule has 0 aliphatic heterocycles. The predicted octanol–water partition coefficient (Wildman–Crippen LogP) is 2.33. The molecule has 0 bridgehead atoms. The third kappa shape index (κ3) is 4.41. The van der Waals surface area contributed by atoms with Gasteiger partial charge in [0.1, 0.15) is 11.5 Å². The van der Waals surface area contributed by atoms with Gasteiger partial charge in [0.2, 0.25) is 0 Å². The number of nitrogens with one attached hydrogen (secondary N) is 2. The molecule has 4 N–H and O–H groups in total. The first-order valence-corrected chi connectivity index (χ1v) is 8.98. The van der Waals surface area contributed by atoms with Crippen LogP contribution >= 0.6 is 0 Å². The van der Waals surface area contributed by atoms with Gasteiger partial charge in [0.05, 0.1) is 12.0 Å². The van der Waals surface area contributed by atoms with Crippen molar-refractivity contribution in [2.24, 2.45) is 10.7 Å². The van der Waals surface area contributed by atoms with E-state index in [-0.39, 0.29) is 11.7 Å². The maximum Gasteiger partial charge on any atom is 0.287 e. The van der Waals surface area contributed by atoms with Crippen molar-refractivity contribution in [3.63, 3.8) is 0 Å². The van der Waals surface area contributed by atoms with Crippen molar-refractivity contribution in [3.8, 4) is 11.5 Å². The number of hydrogen-bond donors (Lipinski definition) is 3. The molecule has 4 heterocycles. The number of aromatic amines is 1. The van der Waals surface area contributed by atoms with Crippen LogP contribution in [0.2, 0.25) is 0 Å². The van der Waals surface area contributed by atoms with Crippen LogP contribution in [0.1, 0.15) is 16.2 Å². The van der Waals surface area contributed by atoms with Crippen LogP contribution in [0.3, 0.4) is 0 Å². The number of H-pyrrole nitrogens is 1. The number of aromatic nitrogens is 4. The lowest BCUT2D eigenvalue weighted by atomic mass is 10.3. The van der Waals surface area contributed by atoms with Gasteiger partial charge in [-0.05, 0) is 36.4 Å². The van der Waals surface area contributed by atoms with Gasteiger partial charge in [-0.2, -0.15) is 0 Å². The van der Waals surface area contributed by atoms with Crippen molar-refractivity contribution in [2.75, 3.05) is 6.54 Å². The lowest BCUT2D eigenvalue weighted by Crippen LogP contribution is -2.26. The molecule has 0 saturated heterocycles. The Morgan fingerprint density at radius 1 is 1.21 bits per heavy atom. The topological polar surface area (TPSA) is 127 Å². The highest BCUT2D eigenvalue weighted by Crippen LogP contribution is 2.24. The van der Waals surface area contributed by atoms with E-state index in [1.165, 1.54) is 0 Å². The van der Waals surface area contributed by atoms with E-state index in [9.17, 15) is 4.79 Å². The minimum Gasteiger partial charge on any atom is -0.449 e. The summed E-state index contributed by atoms with van der Waals surface area (Å²) in [5.41, 5.74) is 7.27. The molecular weight excluding hydrogens is 370 g/mol. The summed E-state index contributed by atoms with van der Waals surface area (Å²) in [5, 5.41) is 2.81. The van der Waals surface area contributed by atoms with Crippen LogP contribution in [-0.4, -0.2) is 37.8 Å². The Morgan fingerprint density at radius 2 is 2.14 bits per heavy atom. The first kappa shape index (κ1) is 18.2. The molecule has 0 spiro atoms. The third-order valence-corrected chi connectivity index (χ3v) is 4.15. The number of aliphatic imine (C=N–C) groups is 1. The van der Waals surface area contributed by atoms with E-state index < -0.39 is 0 Å². The summed E-state index contributed by atoms with van der Waals surface area (Å²) in [4.78, 5) is 27.8. The van der Waals surface area contributed by atoms with Gasteiger partial charge in [-0.3, -0.25) is 9.78 Å². The van der Waals surface area contributed by atoms with E-state index >= 15 is 0 Å². The fourth-order valence-corrected chi connectivity index (χ4v) is 2.70. The molecule has 146 valence electrons. The molecule has 9 nitrogen and oxygen atoms in total. The zero-order valence-corrected chi connectivity index (χ0v) is 15.4. The molecule has 0 atom stereocenters. The van der Waals surface area contributed by atoms with Gasteiger partial charge in [-0.15, -0.1) is 0 Å². The highest BCUT2D eigenvalue weighted by Gasteiger charge is 2.13. The van der Waals surface area contributed by atoms with Crippen molar-refractivity contribution in [1.29, 1.82) is 0 Å². The highest BCUT2D eigenvalue weighted by atomic mass is 16.4. The second-order valence-electron chi connectivity index (χ2n) is 6.19. The fourth-order valence-electron chi connectivity index (χ4n) is 2.70. The second kappa shape index (κ2) is 8.26. The van der Waals surface area contributed by atoms with E-state index in [1.807, 2.05) is 29.0 Å². The molecule has 0 saturated carbocycles. The van der Waals surface area contributed by atoms with Crippen molar-refractivity contribution in [2.45, 2.75) is 6.54 Å². The Balaban J connectivity index is 1.40. The Morgan fingerprint density at radius 3 is 2.93 bits per heavy atom. The van der Waals surface area contributed by atoms with Crippen molar-refractivity contribution >= 4 is 17.6 Å². The number of amidine groups is 1. The minimum absolute atomic E-state index is 0.235. The molecule has 0 fully saturated rings. The van der Waals surface area contributed by atoms with Crippen LogP contribution in [0.4, 0.5) is 5.82 Å². The lowest BCUT2D eigenvalue weighted by molar-refractivity contribution is 0.0925. The summed E-state index contributed by atoms with van der Waals surface area (Å²) in [6.07, 6.45) is 6.88. The standard InChI is InChI=1S/C20H19N7O2/c21-19(15-3-1-2-8-23-15)26-18-7-4-14(25-18)16-5-6-17(29-16)20(28)24-10-12-27-11-9-22-13-27/h1-9,11,13,25H,10,12H2,(H2,21,26)(H,24,28). The van der Waals surface area contributed by atoms with Crippen LogP contribution in [0, 0.1) is 0 Å². The summed E-state index contributed by atoms with van der Waals surface area (Å²) >= 11 is 0. The van der Waals surface area contributed by atoms with Gasteiger partial charge in [0.25, 0.3) is 5.91 Å². The second-order valence-corrected chi connectivity index (χ2v) is 6.19. The summed E-state index contributed by atoms with van der Waals surface area (Å²) < 4.78 is 7.55. The number of nitrogens with two attached hydrogens (primary N) is 1. The first-order valence-electron chi connectivity index (χ1n) is 8.98. The van der Waals surface area contributed by atoms with E-state index in [0.717, 1.165) is 0 Å².